The van der Waals surface area contributed by atoms with Gasteiger partial charge in [-0.05, 0) is 42.0 Å². The Morgan fingerprint density at radius 1 is 0.794 bits per heavy atom. The molecule has 178 valence electrons. The zero-order chi connectivity index (χ0) is 24.0. The molecule has 1 heterocycles. The second-order valence-corrected chi connectivity index (χ2v) is 9.66. The van der Waals surface area contributed by atoms with Gasteiger partial charge in [-0.2, -0.15) is 4.31 Å². The van der Waals surface area contributed by atoms with Crippen LogP contribution in [0.5, 0.6) is 11.5 Å². The largest absolute Gasteiger partial charge is 0.489 e. The van der Waals surface area contributed by atoms with Gasteiger partial charge in [-0.15, -0.1) is 0 Å². The van der Waals surface area contributed by atoms with E-state index in [9.17, 15) is 17.6 Å². The van der Waals surface area contributed by atoms with Gasteiger partial charge in [0.1, 0.15) is 28.8 Å². The van der Waals surface area contributed by atoms with Crippen molar-refractivity contribution in [2.45, 2.75) is 11.5 Å². The summed E-state index contributed by atoms with van der Waals surface area (Å²) < 4.78 is 51.9. The van der Waals surface area contributed by atoms with Gasteiger partial charge in [-0.25, -0.2) is 12.8 Å². The number of amides is 1. The number of ether oxygens (including phenoxy) is 2. The highest BCUT2D eigenvalue weighted by molar-refractivity contribution is 7.89. The van der Waals surface area contributed by atoms with Crippen molar-refractivity contribution in [1.29, 1.82) is 0 Å². The Morgan fingerprint density at radius 2 is 1.38 bits per heavy atom. The average Bonchev–Trinajstić information content (AvgIpc) is 2.87. The maximum atomic E-state index is 14.0. The van der Waals surface area contributed by atoms with Gasteiger partial charge in [0.05, 0.1) is 0 Å². The fraction of sp³-hybridized carbons (Fsp3) is 0.240. The summed E-state index contributed by atoms with van der Waals surface area (Å²) in [5.41, 5.74) is 1.07. The average molecular weight is 485 g/mol. The van der Waals surface area contributed by atoms with Crippen molar-refractivity contribution < 1.29 is 27.1 Å². The van der Waals surface area contributed by atoms with Crippen LogP contribution in [0.2, 0.25) is 0 Å². The molecule has 0 spiro atoms. The number of benzene rings is 3. The van der Waals surface area contributed by atoms with Crippen molar-refractivity contribution >= 4 is 15.9 Å². The van der Waals surface area contributed by atoms with Gasteiger partial charge in [0.2, 0.25) is 10.0 Å². The molecule has 0 N–H and O–H groups in total. The van der Waals surface area contributed by atoms with E-state index in [1.165, 1.54) is 22.5 Å². The number of sulfonamides is 1. The molecule has 3 aromatic carbocycles. The van der Waals surface area contributed by atoms with Gasteiger partial charge in [0.15, 0.2) is 6.61 Å². The van der Waals surface area contributed by atoms with E-state index >= 15 is 0 Å². The van der Waals surface area contributed by atoms with Crippen LogP contribution in [0.1, 0.15) is 5.56 Å². The van der Waals surface area contributed by atoms with Crippen LogP contribution >= 0.6 is 0 Å². The summed E-state index contributed by atoms with van der Waals surface area (Å²) in [4.78, 5) is 13.7. The lowest BCUT2D eigenvalue weighted by Gasteiger charge is -2.34. The molecule has 0 radical (unpaired) electrons. The Balaban J connectivity index is 1.24. The molecule has 0 aromatic heterocycles. The molecule has 7 nitrogen and oxygen atoms in total. The molecule has 0 aliphatic carbocycles. The summed E-state index contributed by atoms with van der Waals surface area (Å²) in [5, 5.41) is 0. The van der Waals surface area contributed by atoms with Crippen LogP contribution in [-0.2, 0) is 21.4 Å². The van der Waals surface area contributed by atoms with Crippen LogP contribution in [0.3, 0.4) is 0 Å². The van der Waals surface area contributed by atoms with Gasteiger partial charge >= 0.3 is 0 Å². The van der Waals surface area contributed by atoms with Gasteiger partial charge < -0.3 is 14.4 Å². The second-order valence-electron chi connectivity index (χ2n) is 7.75. The Bertz CT molecular complexity index is 1210. The molecule has 4 rings (SSSR count). The predicted molar refractivity (Wildman–Crippen MR) is 124 cm³/mol. The molecule has 0 atom stereocenters. The quantitative estimate of drug-likeness (QED) is 0.490. The maximum absolute atomic E-state index is 14.0. The molecule has 1 aliphatic rings. The number of halogens is 1. The molecule has 1 saturated heterocycles. The van der Waals surface area contributed by atoms with Crippen molar-refractivity contribution in [1.82, 2.24) is 9.21 Å². The highest BCUT2D eigenvalue weighted by atomic mass is 32.2. The SMILES string of the molecule is O=C(COc1ccc(OCc2ccccc2)cc1)N1CCN(S(=O)(=O)c2ccccc2F)CC1. The first-order valence-electron chi connectivity index (χ1n) is 10.9. The molecular formula is C25H25FN2O5S. The lowest BCUT2D eigenvalue weighted by molar-refractivity contribution is -0.134. The van der Waals surface area contributed by atoms with Crippen LogP contribution in [0.4, 0.5) is 4.39 Å². The number of hydrogen-bond donors (Lipinski definition) is 0. The Hall–Kier alpha value is -3.43. The first-order valence-corrected chi connectivity index (χ1v) is 12.3. The van der Waals surface area contributed by atoms with Crippen LogP contribution < -0.4 is 9.47 Å². The van der Waals surface area contributed by atoms with E-state index in [-0.39, 0.29) is 43.6 Å². The predicted octanol–water partition coefficient (Wildman–Crippen LogP) is 3.32. The Morgan fingerprint density at radius 3 is 2.03 bits per heavy atom. The van der Waals surface area contributed by atoms with E-state index in [1.54, 1.807) is 29.2 Å². The highest BCUT2D eigenvalue weighted by Gasteiger charge is 2.31. The summed E-state index contributed by atoms with van der Waals surface area (Å²) in [7, 11) is -3.95. The summed E-state index contributed by atoms with van der Waals surface area (Å²) in [5.74, 6) is 0.189. The van der Waals surface area contributed by atoms with Crippen molar-refractivity contribution in [2.24, 2.45) is 0 Å². The number of carbonyl (C=O) groups is 1. The fourth-order valence-corrected chi connectivity index (χ4v) is 5.07. The van der Waals surface area contributed by atoms with E-state index < -0.39 is 15.8 Å². The number of hydrogen-bond acceptors (Lipinski definition) is 5. The second kappa shape index (κ2) is 10.7. The number of carbonyl (C=O) groups excluding carboxylic acids is 1. The van der Waals surface area contributed by atoms with Crippen LogP contribution in [-0.4, -0.2) is 56.3 Å². The Labute approximate surface area is 198 Å². The zero-order valence-corrected chi connectivity index (χ0v) is 19.3. The smallest absolute Gasteiger partial charge is 0.260 e. The molecule has 0 bridgehead atoms. The summed E-state index contributed by atoms with van der Waals surface area (Å²) in [6.07, 6.45) is 0. The minimum atomic E-state index is -3.95. The van der Waals surface area contributed by atoms with Crippen LogP contribution in [0, 0.1) is 5.82 Å². The first kappa shape index (κ1) is 23.7. The normalized spacial score (nSPS) is 14.6. The lowest BCUT2D eigenvalue weighted by atomic mass is 10.2. The summed E-state index contributed by atoms with van der Waals surface area (Å²) in [6.45, 7) is 0.901. The molecule has 0 saturated carbocycles. The lowest BCUT2D eigenvalue weighted by Crippen LogP contribution is -2.51. The molecule has 0 unspecified atom stereocenters. The van der Waals surface area contributed by atoms with Crippen molar-refractivity contribution in [3.63, 3.8) is 0 Å². The molecule has 3 aromatic rings. The minimum Gasteiger partial charge on any atom is -0.489 e. The van der Waals surface area contributed by atoms with E-state index in [2.05, 4.69) is 0 Å². The molecule has 1 fully saturated rings. The standard InChI is InChI=1S/C25H25FN2O5S/c26-23-8-4-5-9-24(23)34(30,31)28-16-14-27(15-17-28)25(29)19-33-22-12-10-21(11-13-22)32-18-20-6-2-1-3-7-20/h1-13H,14-19H2. The first-order chi connectivity index (χ1) is 16.4. The Kier molecular flexibility index (Phi) is 7.44. The topological polar surface area (TPSA) is 76.2 Å². The zero-order valence-electron chi connectivity index (χ0n) is 18.5. The monoisotopic (exact) mass is 484 g/mol. The maximum Gasteiger partial charge on any atom is 0.260 e. The third-order valence-electron chi connectivity index (χ3n) is 5.48. The summed E-state index contributed by atoms with van der Waals surface area (Å²) in [6, 6.07) is 22.1. The third-order valence-corrected chi connectivity index (χ3v) is 7.41. The number of piperazine rings is 1. The van der Waals surface area contributed by atoms with Crippen molar-refractivity contribution in [3.05, 3.63) is 90.2 Å². The van der Waals surface area contributed by atoms with E-state index in [0.29, 0.717) is 18.1 Å². The van der Waals surface area contributed by atoms with Gasteiger partial charge in [-0.1, -0.05) is 42.5 Å². The number of nitrogens with zero attached hydrogens (tertiary/aromatic N) is 2. The minimum absolute atomic E-state index is 0.0931. The van der Waals surface area contributed by atoms with E-state index in [1.807, 2.05) is 30.3 Å². The molecule has 1 aliphatic heterocycles. The molecule has 34 heavy (non-hydrogen) atoms. The van der Waals surface area contributed by atoms with Gasteiger partial charge in [-0.3, -0.25) is 4.79 Å². The van der Waals surface area contributed by atoms with E-state index in [0.717, 1.165) is 11.6 Å². The van der Waals surface area contributed by atoms with Crippen LogP contribution in [0.15, 0.2) is 83.8 Å². The van der Waals surface area contributed by atoms with Gasteiger partial charge in [0, 0.05) is 26.2 Å². The van der Waals surface area contributed by atoms with Gasteiger partial charge in [0.25, 0.3) is 5.91 Å². The van der Waals surface area contributed by atoms with E-state index in [4.69, 9.17) is 9.47 Å². The molecular weight excluding hydrogens is 459 g/mol. The van der Waals surface area contributed by atoms with Crippen molar-refractivity contribution in [3.8, 4) is 11.5 Å². The number of rotatable bonds is 8. The molecule has 1 amide bonds. The van der Waals surface area contributed by atoms with Crippen LogP contribution in [0.25, 0.3) is 0 Å². The third kappa shape index (κ3) is 5.73. The van der Waals surface area contributed by atoms with Crippen molar-refractivity contribution in [2.75, 3.05) is 32.8 Å². The summed E-state index contributed by atoms with van der Waals surface area (Å²) >= 11 is 0. The highest BCUT2D eigenvalue weighted by Crippen LogP contribution is 2.21. The molecule has 9 heteroatoms. The fourth-order valence-electron chi connectivity index (χ4n) is 3.58.